The van der Waals surface area contributed by atoms with Gasteiger partial charge in [-0.1, -0.05) is 6.07 Å². The Morgan fingerprint density at radius 3 is 2.43 bits per heavy atom. The van der Waals surface area contributed by atoms with Gasteiger partial charge in [-0.2, -0.15) is 5.10 Å². The minimum Gasteiger partial charge on any atom is -0.491 e. The molecule has 0 aromatic carbocycles. The van der Waals surface area contributed by atoms with Crippen LogP contribution >= 0.6 is 0 Å². The average Bonchev–Trinajstić information content (AvgIpc) is 3.24. The molecule has 0 bridgehead atoms. The van der Waals surface area contributed by atoms with E-state index in [-0.39, 0.29) is 18.0 Å². The van der Waals surface area contributed by atoms with Crippen LogP contribution < -0.4 is 14.8 Å². The van der Waals surface area contributed by atoms with Crippen LogP contribution in [0.25, 0.3) is 16.6 Å². The SMILES string of the molecule is COc1cc(-c2ccn3nc(Nc4cccc(C(=O)N(C(C)C)C(C)C)n4)cc3c2)cnc1OC. The van der Waals surface area contributed by atoms with E-state index in [2.05, 4.69) is 20.4 Å². The minimum atomic E-state index is -0.0955. The molecule has 0 unspecified atom stereocenters. The van der Waals surface area contributed by atoms with Crippen molar-refractivity contribution in [1.82, 2.24) is 24.5 Å². The Balaban J connectivity index is 1.58. The molecule has 4 rings (SSSR count). The number of fused-ring (bicyclic) bond motifs is 1. The van der Waals surface area contributed by atoms with Gasteiger partial charge in [-0.3, -0.25) is 4.79 Å². The van der Waals surface area contributed by atoms with Gasteiger partial charge in [-0.05, 0) is 63.6 Å². The lowest BCUT2D eigenvalue weighted by Gasteiger charge is -2.30. The Labute approximate surface area is 204 Å². The highest BCUT2D eigenvalue weighted by Crippen LogP contribution is 2.30. The zero-order valence-electron chi connectivity index (χ0n) is 20.8. The van der Waals surface area contributed by atoms with Gasteiger partial charge in [0.2, 0.25) is 0 Å². The average molecular weight is 475 g/mol. The van der Waals surface area contributed by atoms with E-state index < -0.39 is 0 Å². The number of methoxy groups -OCH3 is 2. The number of rotatable bonds is 8. The van der Waals surface area contributed by atoms with Crippen LogP contribution in [0.2, 0.25) is 0 Å². The summed E-state index contributed by atoms with van der Waals surface area (Å²) >= 11 is 0. The highest BCUT2D eigenvalue weighted by atomic mass is 16.5. The molecule has 1 N–H and O–H groups in total. The number of amides is 1. The molecule has 0 radical (unpaired) electrons. The van der Waals surface area contributed by atoms with E-state index in [1.54, 1.807) is 31.0 Å². The van der Waals surface area contributed by atoms with E-state index in [0.29, 0.717) is 29.0 Å². The van der Waals surface area contributed by atoms with Gasteiger partial charge in [0.25, 0.3) is 11.8 Å². The molecule has 0 saturated carbocycles. The first-order chi connectivity index (χ1) is 16.8. The third-order valence-corrected chi connectivity index (χ3v) is 5.60. The Hall–Kier alpha value is -4.14. The first-order valence-electron chi connectivity index (χ1n) is 11.4. The van der Waals surface area contributed by atoms with Crippen molar-refractivity contribution in [3.05, 3.63) is 60.6 Å². The third kappa shape index (κ3) is 5.03. The quantitative estimate of drug-likeness (QED) is 0.392. The molecule has 0 spiro atoms. The highest BCUT2D eigenvalue weighted by Gasteiger charge is 2.22. The maximum atomic E-state index is 13.0. The standard InChI is InChI=1S/C26H30N6O3/c1-16(2)32(17(3)4)26(33)21-8-7-9-23(28-21)29-24-14-20-12-18(10-11-31(20)30-24)19-13-22(34-5)25(35-6)27-15-19/h7-17H,1-6H3,(H,28,29,30). The van der Waals surface area contributed by atoms with Crippen molar-refractivity contribution in [2.75, 3.05) is 19.5 Å². The number of carbonyl (C=O) groups is 1. The van der Waals surface area contributed by atoms with Crippen LogP contribution in [-0.2, 0) is 0 Å². The second kappa shape index (κ2) is 10.0. The molecule has 0 aliphatic carbocycles. The van der Waals surface area contributed by atoms with Crippen LogP contribution in [0.4, 0.5) is 11.6 Å². The summed E-state index contributed by atoms with van der Waals surface area (Å²) in [6.07, 6.45) is 3.62. The summed E-state index contributed by atoms with van der Waals surface area (Å²) in [4.78, 5) is 23.7. The number of hydrogen-bond donors (Lipinski definition) is 1. The zero-order valence-corrected chi connectivity index (χ0v) is 20.8. The number of carbonyl (C=O) groups excluding carboxylic acids is 1. The summed E-state index contributed by atoms with van der Waals surface area (Å²) in [6, 6.07) is 13.3. The van der Waals surface area contributed by atoms with Gasteiger partial charge in [0, 0.05) is 36.1 Å². The molecular formula is C26H30N6O3. The van der Waals surface area contributed by atoms with Crippen LogP contribution in [0.5, 0.6) is 11.6 Å². The van der Waals surface area contributed by atoms with Crippen LogP contribution in [0.3, 0.4) is 0 Å². The Morgan fingerprint density at radius 2 is 1.74 bits per heavy atom. The molecule has 1 amide bonds. The van der Waals surface area contributed by atoms with Gasteiger partial charge in [0.1, 0.15) is 11.5 Å². The van der Waals surface area contributed by atoms with E-state index in [1.165, 1.54) is 0 Å². The van der Waals surface area contributed by atoms with Crippen molar-refractivity contribution in [2.24, 2.45) is 0 Å². The molecule has 0 atom stereocenters. The summed E-state index contributed by atoms with van der Waals surface area (Å²) in [5, 5.41) is 7.80. The predicted molar refractivity (Wildman–Crippen MR) is 135 cm³/mol. The smallest absolute Gasteiger partial charge is 0.272 e. The first kappa shape index (κ1) is 24.0. The van der Waals surface area contributed by atoms with Crippen LogP contribution in [0, 0.1) is 0 Å². The summed E-state index contributed by atoms with van der Waals surface area (Å²) < 4.78 is 12.4. The Kier molecular flexibility index (Phi) is 6.86. The van der Waals surface area contributed by atoms with Gasteiger partial charge < -0.3 is 19.7 Å². The van der Waals surface area contributed by atoms with Gasteiger partial charge in [-0.15, -0.1) is 0 Å². The monoisotopic (exact) mass is 474 g/mol. The molecule has 9 heteroatoms. The fraction of sp³-hybridized carbons (Fsp3) is 0.308. The molecule has 0 aliphatic rings. The lowest BCUT2D eigenvalue weighted by Crippen LogP contribution is -2.42. The Bertz CT molecular complexity index is 1340. The van der Waals surface area contributed by atoms with Gasteiger partial charge in [0.05, 0.1) is 19.7 Å². The molecule has 4 heterocycles. The molecular weight excluding hydrogens is 444 g/mol. The normalized spacial score (nSPS) is 11.2. The van der Waals surface area contributed by atoms with Crippen LogP contribution in [0.1, 0.15) is 38.2 Å². The van der Waals surface area contributed by atoms with E-state index in [0.717, 1.165) is 16.6 Å². The van der Waals surface area contributed by atoms with E-state index >= 15 is 0 Å². The van der Waals surface area contributed by atoms with Crippen molar-refractivity contribution >= 4 is 23.1 Å². The number of nitrogens with zero attached hydrogens (tertiary/aromatic N) is 5. The number of pyridine rings is 3. The number of ether oxygens (including phenoxy) is 2. The highest BCUT2D eigenvalue weighted by molar-refractivity contribution is 5.93. The minimum absolute atomic E-state index is 0.0782. The second-order valence-electron chi connectivity index (χ2n) is 8.68. The number of nitrogens with one attached hydrogen (secondary N) is 1. The molecule has 35 heavy (non-hydrogen) atoms. The number of hydrogen-bond acceptors (Lipinski definition) is 7. The van der Waals surface area contributed by atoms with Crippen molar-refractivity contribution in [3.8, 4) is 22.8 Å². The van der Waals surface area contributed by atoms with E-state index in [4.69, 9.17) is 9.47 Å². The fourth-order valence-electron chi connectivity index (χ4n) is 4.08. The van der Waals surface area contributed by atoms with Crippen molar-refractivity contribution in [2.45, 2.75) is 39.8 Å². The van der Waals surface area contributed by atoms with E-state index in [9.17, 15) is 4.79 Å². The fourth-order valence-corrected chi connectivity index (χ4v) is 4.08. The summed E-state index contributed by atoms with van der Waals surface area (Å²) in [6.45, 7) is 8.01. The lowest BCUT2D eigenvalue weighted by atomic mass is 10.1. The topological polar surface area (TPSA) is 93.9 Å². The van der Waals surface area contributed by atoms with Crippen molar-refractivity contribution in [3.63, 3.8) is 0 Å². The van der Waals surface area contributed by atoms with Crippen molar-refractivity contribution in [1.29, 1.82) is 0 Å². The van der Waals surface area contributed by atoms with Gasteiger partial charge in [0.15, 0.2) is 11.6 Å². The van der Waals surface area contributed by atoms with Gasteiger partial charge >= 0.3 is 0 Å². The van der Waals surface area contributed by atoms with E-state index in [1.807, 2.05) is 75.2 Å². The maximum Gasteiger partial charge on any atom is 0.272 e. The largest absolute Gasteiger partial charge is 0.491 e. The van der Waals surface area contributed by atoms with Crippen LogP contribution in [-0.4, -0.2) is 56.7 Å². The molecule has 0 aliphatic heterocycles. The Morgan fingerprint density at radius 1 is 0.971 bits per heavy atom. The molecule has 9 nitrogen and oxygen atoms in total. The molecule has 0 saturated heterocycles. The predicted octanol–water partition coefficient (Wildman–Crippen LogP) is 4.81. The lowest BCUT2D eigenvalue weighted by molar-refractivity contribution is 0.0637. The number of aromatic nitrogens is 4. The second-order valence-corrected chi connectivity index (χ2v) is 8.68. The zero-order chi connectivity index (χ0) is 25.1. The summed E-state index contributed by atoms with van der Waals surface area (Å²) in [7, 11) is 3.14. The van der Waals surface area contributed by atoms with Crippen LogP contribution in [0.15, 0.2) is 54.9 Å². The third-order valence-electron chi connectivity index (χ3n) is 5.60. The molecule has 4 aromatic heterocycles. The van der Waals surface area contributed by atoms with Crippen molar-refractivity contribution < 1.29 is 14.3 Å². The molecule has 182 valence electrons. The molecule has 0 fully saturated rings. The maximum absolute atomic E-state index is 13.0. The number of anilines is 2. The molecule has 4 aromatic rings. The first-order valence-corrected chi connectivity index (χ1v) is 11.4. The summed E-state index contributed by atoms with van der Waals surface area (Å²) in [5.41, 5.74) is 3.14. The summed E-state index contributed by atoms with van der Waals surface area (Å²) in [5.74, 6) is 2.08. The van der Waals surface area contributed by atoms with Gasteiger partial charge in [-0.25, -0.2) is 14.5 Å².